The number of hydrogen-bond donors (Lipinski definition) is 2. The minimum Gasteiger partial charge on any atom is -0.366 e. The fourth-order valence-corrected chi connectivity index (χ4v) is 1.17. The van der Waals surface area contributed by atoms with Gasteiger partial charge in [-0.3, -0.25) is 4.79 Å². The fraction of sp³-hybridized carbons (Fsp3) is 0.182. The Morgan fingerprint density at radius 3 is 2.86 bits per heavy atom. The molecule has 0 aliphatic carbocycles. The van der Waals surface area contributed by atoms with Gasteiger partial charge >= 0.3 is 0 Å². The van der Waals surface area contributed by atoms with E-state index in [1.54, 1.807) is 12.1 Å². The summed E-state index contributed by atoms with van der Waals surface area (Å²) in [7, 11) is 1.87. The lowest BCUT2D eigenvalue weighted by molar-refractivity contribution is 0.1000. The van der Waals surface area contributed by atoms with E-state index >= 15 is 0 Å². The average Bonchev–Trinajstić information content (AvgIpc) is 2.19. The number of hydrogen-bond acceptors (Lipinski definition) is 2. The molecule has 1 aromatic rings. The molecule has 0 aromatic heterocycles. The normalized spacial score (nSPS) is 10.6. The molecule has 14 heavy (non-hydrogen) atoms. The summed E-state index contributed by atoms with van der Waals surface area (Å²) in [4.78, 5) is 11.0. The van der Waals surface area contributed by atoms with Crippen LogP contribution in [-0.2, 0) is 0 Å². The Labute approximate surface area is 83.6 Å². The topological polar surface area (TPSA) is 55.1 Å². The summed E-state index contributed by atoms with van der Waals surface area (Å²) >= 11 is 0. The molecule has 3 nitrogen and oxygen atoms in total. The van der Waals surface area contributed by atoms with Crippen LogP contribution in [0.5, 0.6) is 0 Å². The monoisotopic (exact) mass is 190 g/mol. The zero-order valence-corrected chi connectivity index (χ0v) is 8.16. The van der Waals surface area contributed by atoms with Gasteiger partial charge in [0.25, 0.3) is 0 Å². The highest BCUT2D eigenvalue weighted by atomic mass is 16.1. The van der Waals surface area contributed by atoms with E-state index in [0.717, 1.165) is 12.1 Å². The maximum Gasteiger partial charge on any atom is 0.249 e. The van der Waals surface area contributed by atoms with Crippen molar-refractivity contribution in [3.8, 4) is 0 Å². The van der Waals surface area contributed by atoms with Crippen LogP contribution >= 0.6 is 0 Å². The minimum absolute atomic E-state index is 0.394. The van der Waals surface area contributed by atoms with Crippen molar-refractivity contribution in [1.29, 1.82) is 0 Å². The lowest BCUT2D eigenvalue weighted by Gasteiger charge is -2.00. The molecule has 1 amide bonds. The van der Waals surface area contributed by atoms with Crippen molar-refractivity contribution in [3.05, 3.63) is 41.5 Å². The van der Waals surface area contributed by atoms with Crippen LogP contribution in [0.25, 0.3) is 6.08 Å². The van der Waals surface area contributed by atoms with Crippen LogP contribution in [0, 0.1) is 0 Å². The second kappa shape index (κ2) is 5.19. The van der Waals surface area contributed by atoms with Crippen molar-refractivity contribution < 1.29 is 4.79 Å². The van der Waals surface area contributed by atoms with E-state index in [1.807, 2.05) is 31.3 Å². The molecule has 74 valence electrons. The van der Waals surface area contributed by atoms with Gasteiger partial charge in [-0.15, -0.1) is 0 Å². The van der Waals surface area contributed by atoms with E-state index in [1.165, 1.54) is 0 Å². The zero-order valence-electron chi connectivity index (χ0n) is 8.16. The first-order valence-electron chi connectivity index (χ1n) is 4.45. The van der Waals surface area contributed by atoms with E-state index in [9.17, 15) is 4.79 Å². The van der Waals surface area contributed by atoms with Crippen LogP contribution in [-0.4, -0.2) is 19.5 Å². The molecule has 3 N–H and O–H groups in total. The maximum absolute atomic E-state index is 11.0. The van der Waals surface area contributed by atoms with Crippen molar-refractivity contribution in [3.63, 3.8) is 0 Å². The molecule has 0 fully saturated rings. The summed E-state index contributed by atoms with van der Waals surface area (Å²) < 4.78 is 0. The first-order chi connectivity index (χ1) is 6.75. The molecule has 0 saturated carbocycles. The summed E-state index contributed by atoms with van der Waals surface area (Å²) in [5, 5.41) is 2.98. The van der Waals surface area contributed by atoms with Gasteiger partial charge < -0.3 is 11.1 Å². The Kier molecular flexibility index (Phi) is 3.88. The fourth-order valence-electron chi connectivity index (χ4n) is 1.17. The molecule has 1 rings (SSSR count). The number of carbonyl (C=O) groups is 1. The number of rotatable bonds is 4. The molecule has 0 atom stereocenters. The molecule has 0 aliphatic rings. The zero-order chi connectivity index (χ0) is 10.4. The Morgan fingerprint density at radius 2 is 2.21 bits per heavy atom. The van der Waals surface area contributed by atoms with Crippen molar-refractivity contribution in [2.24, 2.45) is 5.73 Å². The SMILES string of the molecule is CNCC=Cc1ccccc1C(N)=O. The third kappa shape index (κ3) is 2.71. The number of primary amides is 1. The quantitative estimate of drug-likeness (QED) is 0.744. The summed E-state index contributed by atoms with van der Waals surface area (Å²) in [6.45, 7) is 0.771. The molecule has 0 spiro atoms. The number of benzene rings is 1. The highest BCUT2D eigenvalue weighted by Crippen LogP contribution is 2.09. The number of nitrogens with two attached hydrogens (primary N) is 1. The molecule has 0 heterocycles. The van der Waals surface area contributed by atoms with Crippen LogP contribution in [0.2, 0.25) is 0 Å². The van der Waals surface area contributed by atoms with E-state index in [-0.39, 0.29) is 0 Å². The third-order valence-corrected chi connectivity index (χ3v) is 1.85. The number of amides is 1. The predicted octanol–water partition coefficient (Wildman–Crippen LogP) is 1.02. The highest BCUT2D eigenvalue weighted by molar-refractivity contribution is 5.96. The molecule has 0 unspecified atom stereocenters. The standard InChI is InChI=1S/C11H14N2O/c1-13-8-4-6-9-5-2-3-7-10(9)11(12)14/h2-7,13H,8H2,1H3,(H2,12,14). The predicted molar refractivity (Wildman–Crippen MR) is 57.9 cm³/mol. The Balaban J connectivity index is 2.90. The first-order valence-corrected chi connectivity index (χ1v) is 4.45. The van der Waals surface area contributed by atoms with Crippen molar-refractivity contribution in [1.82, 2.24) is 5.32 Å². The van der Waals surface area contributed by atoms with Crippen LogP contribution in [0.1, 0.15) is 15.9 Å². The van der Waals surface area contributed by atoms with Gasteiger partial charge in [-0.2, -0.15) is 0 Å². The molecular weight excluding hydrogens is 176 g/mol. The summed E-state index contributed by atoms with van der Waals surface area (Å²) in [6.07, 6.45) is 3.83. The van der Waals surface area contributed by atoms with Crippen molar-refractivity contribution in [2.75, 3.05) is 13.6 Å². The van der Waals surface area contributed by atoms with E-state index in [4.69, 9.17) is 5.73 Å². The van der Waals surface area contributed by atoms with E-state index < -0.39 is 5.91 Å². The molecule has 3 heteroatoms. The van der Waals surface area contributed by atoms with Crippen LogP contribution in [0.15, 0.2) is 30.3 Å². The largest absolute Gasteiger partial charge is 0.366 e. The van der Waals surface area contributed by atoms with Crippen LogP contribution in [0.3, 0.4) is 0 Å². The van der Waals surface area contributed by atoms with Gasteiger partial charge in [0.15, 0.2) is 0 Å². The molecular formula is C11H14N2O. The Hall–Kier alpha value is -1.61. The van der Waals surface area contributed by atoms with Gasteiger partial charge in [-0.05, 0) is 18.7 Å². The summed E-state index contributed by atoms with van der Waals surface area (Å²) in [5.74, 6) is -0.394. The minimum atomic E-state index is -0.394. The van der Waals surface area contributed by atoms with Crippen LogP contribution in [0.4, 0.5) is 0 Å². The van der Waals surface area contributed by atoms with E-state index in [2.05, 4.69) is 5.32 Å². The molecule has 1 aromatic carbocycles. The van der Waals surface area contributed by atoms with Crippen molar-refractivity contribution in [2.45, 2.75) is 0 Å². The van der Waals surface area contributed by atoms with Gasteiger partial charge in [-0.25, -0.2) is 0 Å². The molecule has 0 saturated heterocycles. The lowest BCUT2D eigenvalue weighted by Crippen LogP contribution is -2.12. The van der Waals surface area contributed by atoms with Gasteiger partial charge in [0, 0.05) is 12.1 Å². The number of carbonyl (C=O) groups excluding carboxylic acids is 1. The molecule has 0 radical (unpaired) electrons. The highest BCUT2D eigenvalue weighted by Gasteiger charge is 2.02. The number of likely N-dealkylation sites (N-methyl/N-ethyl adjacent to an activating group) is 1. The maximum atomic E-state index is 11.0. The Bertz CT molecular complexity index is 345. The van der Waals surface area contributed by atoms with Gasteiger partial charge in [0.1, 0.15) is 0 Å². The number of nitrogens with one attached hydrogen (secondary N) is 1. The first kappa shape index (κ1) is 10.5. The summed E-state index contributed by atoms with van der Waals surface area (Å²) in [6, 6.07) is 7.27. The van der Waals surface area contributed by atoms with Gasteiger partial charge in [-0.1, -0.05) is 30.4 Å². The van der Waals surface area contributed by atoms with E-state index in [0.29, 0.717) is 5.56 Å². The second-order valence-corrected chi connectivity index (χ2v) is 2.91. The average molecular weight is 190 g/mol. The van der Waals surface area contributed by atoms with Gasteiger partial charge in [0.2, 0.25) is 5.91 Å². The third-order valence-electron chi connectivity index (χ3n) is 1.85. The second-order valence-electron chi connectivity index (χ2n) is 2.91. The smallest absolute Gasteiger partial charge is 0.249 e. The summed E-state index contributed by atoms with van der Waals surface area (Å²) in [5.41, 5.74) is 6.64. The lowest BCUT2D eigenvalue weighted by atomic mass is 10.1. The molecule has 0 bridgehead atoms. The van der Waals surface area contributed by atoms with Gasteiger partial charge in [0.05, 0.1) is 0 Å². The van der Waals surface area contributed by atoms with Crippen molar-refractivity contribution >= 4 is 12.0 Å². The molecule has 0 aliphatic heterocycles. The van der Waals surface area contributed by atoms with Crippen LogP contribution < -0.4 is 11.1 Å². The Morgan fingerprint density at radius 1 is 1.50 bits per heavy atom.